The van der Waals surface area contributed by atoms with E-state index in [0.717, 1.165) is 17.1 Å². The lowest BCUT2D eigenvalue weighted by Crippen LogP contribution is -2.14. The second kappa shape index (κ2) is 14.6. The van der Waals surface area contributed by atoms with Gasteiger partial charge in [-0.15, -0.1) is 0 Å². The minimum Gasteiger partial charge on any atom is -0.310 e. The van der Waals surface area contributed by atoms with Crippen LogP contribution < -0.4 is 4.90 Å². The van der Waals surface area contributed by atoms with Crippen LogP contribution in [-0.2, 0) is 5.41 Å². The van der Waals surface area contributed by atoms with Crippen LogP contribution in [0.4, 0.5) is 17.1 Å². The molecule has 298 valence electrons. The zero-order chi connectivity index (χ0) is 42.1. The average molecular weight is 805 g/mol. The Balaban J connectivity index is 0.883. The second-order valence-electron chi connectivity index (χ2n) is 17.3. The molecule has 0 fully saturated rings. The fourth-order valence-corrected chi connectivity index (χ4v) is 10.3. The maximum atomic E-state index is 2.41. The lowest BCUT2D eigenvalue weighted by molar-refractivity contribution is 0.660. The molecule has 0 saturated heterocycles. The third-order valence-electron chi connectivity index (χ3n) is 13.4. The van der Waals surface area contributed by atoms with E-state index in [1.54, 1.807) is 0 Å². The molecule has 1 aliphatic rings. The van der Waals surface area contributed by atoms with Gasteiger partial charge in [-0.1, -0.05) is 190 Å². The van der Waals surface area contributed by atoms with Gasteiger partial charge in [0, 0.05) is 38.5 Å². The van der Waals surface area contributed by atoms with Crippen molar-refractivity contribution in [1.29, 1.82) is 0 Å². The summed E-state index contributed by atoms with van der Waals surface area (Å²) in [6, 6.07) is 84.5. The minimum atomic E-state index is -0.0406. The molecule has 0 unspecified atom stereocenters. The molecule has 0 N–H and O–H groups in total. The fourth-order valence-electron chi connectivity index (χ4n) is 10.3. The van der Waals surface area contributed by atoms with Crippen LogP contribution in [0.3, 0.4) is 0 Å². The van der Waals surface area contributed by atoms with Crippen molar-refractivity contribution in [2.45, 2.75) is 19.3 Å². The fraction of sp³-hybridized carbons (Fsp3) is 0.0492. The molecule has 0 atom stereocenters. The summed E-state index contributed by atoms with van der Waals surface area (Å²) in [6.45, 7) is 4.70. The largest absolute Gasteiger partial charge is 0.310 e. The molecule has 10 aromatic carbocycles. The smallest absolute Gasteiger partial charge is 0.0541 e. The van der Waals surface area contributed by atoms with Gasteiger partial charge in [-0.3, -0.25) is 0 Å². The number of anilines is 3. The van der Waals surface area contributed by atoms with Crippen molar-refractivity contribution in [3.8, 4) is 50.2 Å². The van der Waals surface area contributed by atoms with Crippen molar-refractivity contribution in [3.63, 3.8) is 0 Å². The van der Waals surface area contributed by atoms with Gasteiger partial charge in [-0.25, -0.2) is 0 Å². The first-order valence-electron chi connectivity index (χ1n) is 21.9. The first-order valence-corrected chi connectivity index (χ1v) is 21.9. The summed E-state index contributed by atoms with van der Waals surface area (Å²) >= 11 is 0. The number of hydrogen-bond acceptors (Lipinski definition) is 1. The van der Waals surface area contributed by atoms with E-state index in [4.69, 9.17) is 0 Å². The van der Waals surface area contributed by atoms with Crippen LogP contribution in [-0.4, -0.2) is 4.57 Å². The van der Waals surface area contributed by atoms with Crippen molar-refractivity contribution in [1.82, 2.24) is 4.57 Å². The van der Waals surface area contributed by atoms with E-state index >= 15 is 0 Å². The monoisotopic (exact) mass is 804 g/mol. The van der Waals surface area contributed by atoms with Crippen LogP contribution in [0, 0.1) is 0 Å². The lowest BCUT2D eigenvalue weighted by atomic mass is 9.81. The van der Waals surface area contributed by atoms with E-state index in [1.165, 1.54) is 93.9 Å². The van der Waals surface area contributed by atoms with Crippen LogP contribution in [0.5, 0.6) is 0 Å². The molecule has 0 spiro atoms. The summed E-state index contributed by atoms with van der Waals surface area (Å²) in [5.74, 6) is 0. The summed E-state index contributed by atoms with van der Waals surface area (Å²) in [4.78, 5) is 2.40. The minimum absolute atomic E-state index is 0.0406. The molecule has 0 radical (unpaired) electrons. The SMILES string of the molecule is CC1(C)c2ccccc2-c2ccc(-c3ccc(N(c4ccc(-c5ccc(-c6ccccc6-n6c7ccccc7c7ccccc76)cc5)cc4)c4cccc5ccccc45)cc3)cc21. The zero-order valence-corrected chi connectivity index (χ0v) is 35.3. The number of nitrogens with zero attached hydrogens (tertiary/aromatic N) is 2. The third kappa shape index (κ3) is 6.02. The Kier molecular flexibility index (Phi) is 8.55. The third-order valence-corrected chi connectivity index (χ3v) is 13.4. The number of fused-ring (bicyclic) bond motifs is 7. The Morgan fingerprint density at radius 3 is 1.51 bits per heavy atom. The Morgan fingerprint density at radius 1 is 0.349 bits per heavy atom. The predicted octanol–water partition coefficient (Wildman–Crippen LogP) is 16.7. The first kappa shape index (κ1) is 36.9. The highest BCUT2D eigenvalue weighted by atomic mass is 15.1. The molecule has 12 rings (SSSR count). The van der Waals surface area contributed by atoms with E-state index in [0.29, 0.717) is 0 Å². The Morgan fingerprint density at radius 2 is 0.825 bits per heavy atom. The van der Waals surface area contributed by atoms with Crippen molar-refractivity contribution in [3.05, 3.63) is 242 Å². The van der Waals surface area contributed by atoms with Crippen LogP contribution in [0.25, 0.3) is 82.8 Å². The highest BCUT2D eigenvalue weighted by molar-refractivity contribution is 6.09. The summed E-state index contributed by atoms with van der Waals surface area (Å²) < 4.78 is 2.41. The summed E-state index contributed by atoms with van der Waals surface area (Å²) in [5, 5.41) is 4.97. The maximum absolute atomic E-state index is 2.41. The van der Waals surface area contributed by atoms with E-state index in [-0.39, 0.29) is 5.41 Å². The molecule has 2 heteroatoms. The van der Waals surface area contributed by atoms with Gasteiger partial charge >= 0.3 is 0 Å². The number of para-hydroxylation sites is 3. The molecule has 1 aromatic heterocycles. The first-order chi connectivity index (χ1) is 31.0. The Bertz CT molecular complexity index is 3460. The highest BCUT2D eigenvalue weighted by Gasteiger charge is 2.35. The Hall–Kier alpha value is -7.94. The molecule has 0 aliphatic heterocycles. The topological polar surface area (TPSA) is 8.17 Å². The Labute approximate surface area is 368 Å². The normalized spacial score (nSPS) is 12.7. The van der Waals surface area contributed by atoms with Crippen molar-refractivity contribution >= 4 is 49.6 Å². The summed E-state index contributed by atoms with van der Waals surface area (Å²) in [6.07, 6.45) is 0. The van der Waals surface area contributed by atoms with Gasteiger partial charge in [0.2, 0.25) is 0 Å². The molecule has 0 saturated carbocycles. The van der Waals surface area contributed by atoms with Crippen LogP contribution in [0.15, 0.2) is 231 Å². The van der Waals surface area contributed by atoms with E-state index < -0.39 is 0 Å². The molecule has 0 bridgehead atoms. The van der Waals surface area contributed by atoms with E-state index in [2.05, 4.69) is 254 Å². The van der Waals surface area contributed by atoms with Crippen LogP contribution in [0.2, 0.25) is 0 Å². The van der Waals surface area contributed by atoms with Gasteiger partial charge in [-0.2, -0.15) is 0 Å². The van der Waals surface area contributed by atoms with Gasteiger partial charge in [0.05, 0.1) is 22.4 Å². The van der Waals surface area contributed by atoms with Crippen molar-refractivity contribution in [2.75, 3.05) is 4.90 Å². The van der Waals surface area contributed by atoms with Crippen LogP contribution in [0.1, 0.15) is 25.0 Å². The lowest BCUT2D eigenvalue weighted by Gasteiger charge is -2.27. The zero-order valence-electron chi connectivity index (χ0n) is 35.3. The van der Waals surface area contributed by atoms with Gasteiger partial charge in [0.1, 0.15) is 0 Å². The molecular formula is C61H44N2. The number of rotatable bonds is 7. The second-order valence-corrected chi connectivity index (χ2v) is 17.3. The molecule has 1 aliphatic carbocycles. The molecular weight excluding hydrogens is 761 g/mol. The van der Waals surface area contributed by atoms with Crippen molar-refractivity contribution in [2.24, 2.45) is 0 Å². The van der Waals surface area contributed by atoms with Gasteiger partial charge in [-0.05, 0) is 110 Å². The average Bonchev–Trinajstić information content (AvgIpc) is 3.80. The summed E-state index contributed by atoms with van der Waals surface area (Å²) in [5.41, 5.74) is 19.6. The van der Waals surface area contributed by atoms with E-state index in [1.807, 2.05) is 0 Å². The standard InChI is InChI=1S/C61H44N2/c1-61(2)55-21-9-5-18-51(55)52-39-34-46(40-56(52)61)43-32-37-48(38-33-43)62(57-25-13-15-44-14-3-4-16-49(44)57)47-35-30-42(31-36-47)41-26-28-45(29-27-41)50-17-6-10-22-58(50)63-59-23-11-7-19-53(59)54-20-8-12-24-60(54)63/h3-40H,1-2H3. The summed E-state index contributed by atoms with van der Waals surface area (Å²) in [7, 11) is 0. The van der Waals surface area contributed by atoms with Crippen LogP contribution >= 0.6 is 0 Å². The molecule has 63 heavy (non-hydrogen) atoms. The van der Waals surface area contributed by atoms with E-state index in [9.17, 15) is 0 Å². The molecule has 1 heterocycles. The molecule has 0 amide bonds. The number of hydrogen-bond donors (Lipinski definition) is 0. The van der Waals surface area contributed by atoms with Gasteiger partial charge < -0.3 is 9.47 Å². The maximum Gasteiger partial charge on any atom is 0.0541 e. The highest BCUT2D eigenvalue weighted by Crippen LogP contribution is 2.50. The van der Waals surface area contributed by atoms with Crippen molar-refractivity contribution < 1.29 is 0 Å². The number of aromatic nitrogens is 1. The quantitative estimate of drug-likeness (QED) is 0.156. The number of benzene rings is 10. The van der Waals surface area contributed by atoms with Gasteiger partial charge in [0.15, 0.2) is 0 Å². The predicted molar refractivity (Wildman–Crippen MR) is 267 cm³/mol. The molecule has 2 nitrogen and oxygen atoms in total. The van der Waals surface area contributed by atoms with Gasteiger partial charge in [0.25, 0.3) is 0 Å². The molecule has 11 aromatic rings.